The normalized spacial score (nSPS) is 12.8. The molecule has 0 aliphatic rings. The van der Waals surface area contributed by atoms with Crippen molar-refractivity contribution < 1.29 is 0 Å². The molecule has 90 valence electrons. The van der Waals surface area contributed by atoms with Crippen LogP contribution >= 0.6 is 11.6 Å². The van der Waals surface area contributed by atoms with Gasteiger partial charge in [-0.1, -0.05) is 37.9 Å². The molecule has 0 saturated carbocycles. The third kappa shape index (κ3) is 4.15. The highest BCUT2D eigenvalue weighted by molar-refractivity contribution is 6.30. The monoisotopic (exact) mass is 239 g/mol. The first-order chi connectivity index (χ1) is 7.67. The summed E-state index contributed by atoms with van der Waals surface area (Å²) in [5.74, 6) is 0. The summed E-state index contributed by atoms with van der Waals surface area (Å²) in [5, 5.41) is 4.42. The molecule has 0 spiro atoms. The lowest BCUT2D eigenvalue weighted by molar-refractivity contribution is 0.462. The fourth-order valence-electron chi connectivity index (χ4n) is 1.91. The second-order valence-corrected chi connectivity index (χ2v) is 4.78. The van der Waals surface area contributed by atoms with Crippen LogP contribution in [0.5, 0.6) is 0 Å². The van der Waals surface area contributed by atoms with Gasteiger partial charge in [-0.25, -0.2) is 0 Å². The van der Waals surface area contributed by atoms with E-state index in [1.807, 2.05) is 12.1 Å². The molecule has 0 heterocycles. The average molecular weight is 240 g/mol. The number of benzene rings is 1. The second-order valence-electron chi connectivity index (χ2n) is 4.35. The molecule has 0 amide bonds. The first-order valence-corrected chi connectivity index (χ1v) is 6.53. The molecule has 0 radical (unpaired) electrons. The van der Waals surface area contributed by atoms with Gasteiger partial charge >= 0.3 is 0 Å². The minimum absolute atomic E-state index is 0.639. The third-order valence-electron chi connectivity index (χ3n) is 3.02. The summed E-state index contributed by atoms with van der Waals surface area (Å²) in [5.41, 5.74) is 2.62. The second kappa shape index (κ2) is 6.93. The predicted molar refractivity (Wildman–Crippen MR) is 72.0 cm³/mol. The van der Waals surface area contributed by atoms with Crippen LogP contribution in [0.25, 0.3) is 0 Å². The summed E-state index contributed by atoms with van der Waals surface area (Å²) >= 11 is 5.94. The molecule has 1 aromatic carbocycles. The lowest BCUT2D eigenvalue weighted by atomic mass is 10.1. The van der Waals surface area contributed by atoms with E-state index in [-0.39, 0.29) is 0 Å². The summed E-state index contributed by atoms with van der Waals surface area (Å²) in [6.45, 7) is 7.53. The van der Waals surface area contributed by atoms with E-state index >= 15 is 0 Å². The van der Waals surface area contributed by atoms with E-state index in [1.54, 1.807) is 0 Å². The van der Waals surface area contributed by atoms with E-state index < -0.39 is 0 Å². The molecule has 1 nitrogen and oxygen atoms in total. The minimum Gasteiger partial charge on any atom is -0.310 e. The maximum Gasteiger partial charge on any atom is 0.0408 e. The van der Waals surface area contributed by atoms with Gasteiger partial charge in [0, 0.05) is 17.6 Å². The Morgan fingerprint density at radius 3 is 2.62 bits per heavy atom. The zero-order chi connectivity index (χ0) is 12.0. The van der Waals surface area contributed by atoms with E-state index in [0.717, 1.165) is 11.6 Å². The highest BCUT2D eigenvalue weighted by Crippen LogP contribution is 2.15. The predicted octanol–water partition coefficient (Wildman–Crippen LogP) is 4.32. The van der Waals surface area contributed by atoms with Gasteiger partial charge in [0.05, 0.1) is 0 Å². The van der Waals surface area contributed by atoms with Crippen LogP contribution in [0.3, 0.4) is 0 Å². The van der Waals surface area contributed by atoms with Crippen LogP contribution in [0.15, 0.2) is 18.2 Å². The number of rotatable bonds is 6. The molecule has 1 unspecified atom stereocenters. The van der Waals surface area contributed by atoms with Gasteiger partial charge in [0.25, 0.3) is 0 Å². The van der Waals surface area contributed by atoms with Gasteiger partial charge in [0.15, 0.2) is 0 Å². The molecule has 0 bridgehead atoms. The molecule has 1 N–H and O–H groups in total. The van der Waals surface area contributed by atoms with Crippen molar-refractivity contribution >= 4 is 11.6 Å². The Hall–Kier alpha value is -0.530. The SMILES string of the molecule is CCCC(CC)NCc1ccc(Cl)cc1C. The first kappa shape index (κ1) is 13.5. The summed E-state index contributed by atoms with van der Waals surface area (Å²) < 4.78 is 0. The number of hydrogen-bond acceptors (Lipinski definition) is 1. The van der Waals surface area contributed by atoms with Gasteiger partial charge in [-0.15, -0.1) is 0 Å². The van der Waals surface area contributed by atoms with E-state index in [0.29, 0.717) is 6.04 Å². The van der Waals surface area contributed by atoms with Crippen LogP contribution in [-0.2, 0) is 6.54 Å². The standard InChI is InChI=1S/C14H22ClN/c1-4-6-14(5-2)16-10-12-7-8-13(15)9-11(12)3/h7-9,14,16H,4-6,10H2,1-3H3. The molecular weight excluding hydrogens is 218 g/mol. The lowest BCUT2D eigenvalue weighted by Gasteiger charge is -2.17. The third-order valence-corrected chi connectivity index (χ3v) is 3.25. The number of aryl methyl sites for hydroxylation is 1. The topological polar surface area (TPSA) is 12.0 Å². The zero-order valence-corrected chi connectivity index (χ0v) is 11.3. The molecule has 0 aliphatic carbocycles. The van der Waals surface area contributed by atoms with Gasteiger partial charge in [0.1, 0.15) is 0 Å². The molecule has 1 rings (SSSR count). The highest BCUT2D eigenvalue weighted by atomic mass is 35.5. The quantitative estimate of drug-likeness (QED) is 0.780. The fourth-order valence-corrected chi connectivity index (χ4v) is 2.14. The van der Waals surface area contributed by atoms with Crippen LogP contribution in [0.1, 0.15) is 44.2 Å². The van der Waals surface area contributed by atoms with E-state index in [1.165, 1.54) is 30.4 Å². The van der Waals surface area contributed by atoms with E-state index in [2.05, 4.69) is 32.2 Å². The van der Waals surface area contributed by atoms with Gasteiger partial charge in [-0.3, -0.25) is 0 Å². The van der Waals surface area contributed by atoms with Crippen molar-refractivity contribution in [1.29, 1.82) is 0 Å². The van der Waals surface area contributed by atoms with Crippen molar-refractivity contribution in [3.8, 4) is 0 Å². The number of hydrogen-bond donors (Lipinski definition) is 1. The van der Waals surface area contributed by atoms with Gasteiger partial charge in [0.2, 0.25) is 0 Å². The van der Waals surface area contributed by atoms with Crippen molar-refractivity contribution in [3.63, 3.8) is 0 Å². The molecule has 0 saturated heterocycles. The van der Waals surface area contributed by atoms with E-state index in [9.17, 15) is 0 Å². The Kier molecular flexibility index (Phi) is 5.86. The van der Waals surface area contributed by atoms with Crippen molar-refractivity contribution in [2.24, 2.45) is 0 Å². The Balaban J connectivity index is 2.53. The molecule has 0 fully saturated rings. The lowest BCUT2D eigenvalue weighted by Crippen LogP contribution is -2.27. The zero-order valence-electron chi connectivity index (χ0n) is 10.5. The Bertz CT molecular complexity index is 323. The Morgan fingerprint density at radius 2 is 2.06 bits per heavy atom. The molecule has 1 atom stereocenters. The Morgan fingerprint density at radius 1 is 1.31 bits per heavy atom. The van der Waals surface area contributed by atoms with Crippen LogP contribution in [0.2, 0.25) is 5.02 Å². The summed E-state index contributed by atoms with van der Waals surface area (Å²) in [7, 11) is 0. The van der Waals surface area contributed by atoms with Crippen molar-refractivity contribution in [2.75, 3.05) is 0 Å². The summed E-state index contributed by atoms with van der Waals surface area (Å²) in [4.78, 5) is 0. The van der Waals surface area contributed by atoms with Gasteiger partial charge in [-0.05, 0) is 43.0 Å². The minimum atomic E-state index is 0.639. The summed E-state index contributed by atoms with van der Waals surface area (Å²) in [6.07, 6.45) is 3.69. The number of halogens is 1. The van der Waals surface area contributed by atoms with Gasteiger partial charge in [-0.2, -0.15) is 0 Å². The van der Waals surface area contributed by atoms with Crippen molar-refractivity contribution in [1.82, 2.24) is 5.32 Å². The Labute approximate surface area is 104 Å². The largest absolute Gasteiger partial charge is 0.310 e. The highest BCUT2D eigenvalue weighted by Gasteiger charge is 2.05. The van der Waals surface area contributed by atoms with Crippen LogP contribution in [0.4, 0.5) is 0 Å². The maximum atomic E-state index is 5.94. The number of nitrogens with one attached hydrogen (secondary N) is 1. The smallest absolute Gasteiger partial charge is 0.0408 e. The molecule has 2 heteroatoms. The van der Waals surface area contributed by atoms with Crippen molar-refractivity contribution in [3.05, 3.63) is 34.3 Å². The molecule has 16 heavy (non-hydrogen) atoms. The molecule has 0 aliphatic heterocycles. The van der Waals surface area contributed by atoms with Crippen LogP contribution < -0.4 is 5.32 Å². The van der Waals surface area contributed by atoms with Gasteiger partial charge < -0.3 is 5.32 Å². The first-order valence-electron chi connectivity index (χ1n) is 6.15. The molecular formula is C14H22ClN. The maximum absolute atomic E-state index is 5.94. The summed E-state index contributed by atoms with van der Waals surface area (Å²) in [6, 6.07) is 6.75. The molecule has 1 aromatic rings. The van der Waals surface area contributed by atoms with Crippen molar-refractivity contribution in [2.45, 2.75) is 52.6 Å². The average Bonchev–Trinajstić information content (AvgIpc) is 2.26. The van der Waals surface area contributed by atoms with Crippen LogP contribution in [-0.4, -0.2) is 6.04 Å². The fraction of sp³-hybridized carbons (Fsp3) is 0.571. The van der Waals surface area contributed by atoms with E-state index in [4.69, 9.17) is 11.6 Å². The molecule has 0 aromatic heterocycles. The van der Waals surface area contributed by atoms with Crippen LogP contribution in [0, 0.1) is 6.92 Å².